The summed E-state index contributed by atoms with van der Waals surface area (Å²) in [6.45, 7) is 3.60. The van der Waals surface area contributed by atoms with Gasteiger partial charge in [0, 0.05) is 24.7 Å². The third kappa shape index (κ3) is 4.23. The molecule has 6 nitrogen and oxygen atoms in total. The van der Waals surface area contributed by atoms with Gasteiger partial charge in [-0.25, -0.2) is 4.98 Å². The van der Waals surface area contributed by atoms with Crippen LogP contribution in [0.3, 0.4) is 0 Å². The van der Waals surface area contributed by atoms with Crippen molar-refractivity contribution in [2.45, 2.75) is 20.3 Å². The maximum absolute atomic E-state index is 12.2. The van der Waals surface area contributed by atoms with Crippen LogP contribution in [-0.2, 0) is 4.79 Å². The number of rotatable bonds is 5. The number of oxazole rings is 1. The second-order valence-electron chi connectivity index (χ2n) is 6.16. The molecule has 1 aromatic heterocycles. The van der Waals surface area contributed by atoms with E-state index in [0.29, 0.717) is 17.7 Å². The number of nitrogens with one attached hydrogen (secondary N) is 1. The minimum Gasteiger partial charge on any atom is -0.429 e. The van der Waals surface area contributed by atoms with Crippen molar-refractivity contribution in [2.75, 3.05) is 17.3 Å². The van der Waals surface area contributed by atoms with Crippen molar-refractivity contribution in [2.24, 2.45) is 0 Å². The number of aryl methyl sites for hydroxylation is 1. The number of hydrogen-bond acceptors (Lipinski definition) is 4. The van der Waals surface area contributed by atoms with Gasteiger partial charge in [-0.15, -0.1) is 0 Å². The minimum atomic E-state index is -0.279. The summed E-state index contributed by atoms with van der Waals surface area (Å²) in [7, 11) is 1.77. The molecule has 27 heavy (non-hydrogen) atoms. The molecule has 0 aliphatic carbocycles. The summed E-state index contributed by atoms with van der Waals surface area (Å²) < 4.78 is 5.25. The van der Waals surface area contributed by atoms with Crippen molar-refractivity contribution in [1.29, 1.82) is 0 Å². The average molecular weight is 363 g/mol. The van der Waals surface area contributed by atoms with Gasteiger partial charge in [0.15, 0.2) is 0 Å². The molecular formula is C21H21N3O3. The first-order chi connectivity index (χ1) is 13.0. The van der Waals surface area contributed by atoms with Gasteiger partial charge in [-0.1, -0.05) is 31.2 Å². The van der Waals surface area contributed by atoms with Crippen LogP contribution in [0, 0.1) is 6.92 Å². The number of amides is 2. The second-order valence-corrected chi connectivity index (χ2v) is 6.16. The summed E-state index contributed by atoms with van der Waals surface area (Å²) in [5, 5.41) is 2.62. The number of nitrogens with zero attached hydrogens (tertiary/aromatic N) is 2. The van der Waals surface area contributed by atoms with Crippen LogP contribution in [-0.4, -0.2) is 23.8 Å². The van der Waals surface area contributed by atoms with Gasteiger partial charge < -0.3 is 9.32 Å². The lowest BCUT2D eigenvalue weighted by Crippen LogP contribution is -2.24. The van der Waals surface area contributed by atoms with Crippen molar-refractivity contribution >= 4 is 23.5 Å². The third-order valence-corrected chi connectivity index (χ3v) is 4.25. The molecule has 1 N–H and O–H groups in total. The standard InChI is InChI=1S/C21H21N3O3/c1-4-19(25)24(3)18-11-9-16(10-12-18)15-5-7-17(8-6-15)20(26)23-21-22-13-14(2)27-21/h5-13H,4H2,1-3H3,(H,22,23,26). The summed E-state index contributed by atoms with van der Waals surface area (Å²) >= 11 is 0. The predicted octanol–water partition coefficient (Wildman–Crippen LogP) is 4.28. The third-order valence-electron chi connectivity index (χ3n) is 4.25. The van der Waals surface area contributed by atoms with Crippen LogP contribution < -0.4 is 10.2 Å². The van der Waals surface area contributed by atoms with Gasteiger partial charge in [-0.05, 0) is 42.3 Å². The van der Waals surface area contributed by atoms with Crippen molar-refractivity contribution in [3.63, 3.8) is 0 Å². The Labute approximate surface area is 157 Å². The summed E-state index contributed by atoms with van der Waals surface area (Å²) in [6, 6.07) is 15.2. The Morgan fingerprint density at radius 1 is 1.04 bits per heavy atom. The molecule has 2 aromatic carbocycles. The van der Waals surface area contributed by atoms with E-state index in [0.717, 1.165) is 16.8 Å². The van der Waals surface area contributed by atoms with E-state index in [1.54, 1.807) is 37.2 Å². The lowest BCUT2D eigenvalue weighted by Gasteiger charge is -2.16. The van der Waals surface area contributed by atoms with E-state index < -0.39 is 0 Å². The molecular weight excluding hydrogens is 342 g/mol. The Morgan fingerprint density at radius 3 is 2.15 bits per heavy atom. The maximum Gasteiger partial charge on any atom is 0.301 e. The van der Waals surface area contributed by atoms with E-state index in [4.69, 9.17) is 4.42 Å². The van der Waals surface area contributed by atoms with Crippen LogP contribution in [0.2, 0.25) is 0 Å². The normalized spacial score (nSPS) is 10.5. The van der Waals surface area contributed by atoms with E-state index in [9.17, 15) is 9.59 Å². The number of carbonyl (C=O) groups is 2. The lowest BCUT2D eigenvalue weighted by molar-refractivity contribution is -0.118. The topological polar surface area (TPSA) is 75.4 Å². The Bertz CT molecular complexity index is 944. The van der Waals surface area contributed by atoms with Crippen molar-refractivity contribution in [1.82, 2.24) is 4.98 Å². The molecule has 0 spiro atoms. The van der Waals surface area contributed by atoms with Gasteiger partial charge in [-0.2, -0.15) is 0 Å². The fourth-order valence-electron chi connectivity index (χ4n) is 2.65. The fraction of sp³-hybridized carbons (Fsp3) is 0.190. The van der Waals surface area contributed by atoms with Crippen LogP contribution in [0.1, 0.15) is 29.5 Å². The Kier molecular flexibility index (Phi) is 5.35. The molecule has 1 heterocycles. The summed E-state index contributed by atoms with van der Waals surface area (Å²) in [4.78, 5) is 29.6. The summed E-state index contributed by atoms with van der Waals surface area (Å²) in [5.41, 5.74) is 3.35. The van der Waals surface area contributed by atoms with Crippen LogP contribution in [0.5, 0.6) is 0 Å². The van der Waals surface area contributed by atoms with Crippen molar-refractivity contribution < 1.29 is 14.0 Å². The van der Waals surface area contributed by atoms with Crippen LogP contribution in [0.4, 0.5) is 11.7 Å². The first-order valence-corrected chi connectivity index (χ1v) is 8.68. The summed E-state index contributed by atoms with van der Waals surface area (Å²) in [6.07, 6.45) is 2.02. The van der Waals surface area contributed by atoms with Gasteiger partial charge in [0.05, 0.1) is 6.20 Å². The SMILES string of the molecule is CCC(=O)N(C)c1ccc(-c2ccc(C(=O)Nc3ncc(C)o3)cc2)cc1. The van der Waals surface area contributed by atoms with Gasteiger partial charge in [0.1, 0.15) is 5.76 Å². The molecule has 0 saturated carbocycles. The highest BCUT2D eigenvalue weighted by molar-refractivity contribution is 6.03. The highest BCUT2D eigenvalue weighted by Gasteiger charge is 2.11. The van der Waals surface area contributed by atoms with Crippen molar-refractivity contribution in [3.8, 4) is 11.1 Å². The molecule has 0 aliphatic heterocycles. The molecule has 0 unspecified atom stereocenters. The van der Waals surface area contributed by atoms with E-state index in [1.807, 2.05) is 43.3 Å². The zero-order valence-corrected chi connectivity index (χ0v) is 15.5. The number of hydrogen-bond donors (Lipinski definition) is 1. The van der Waals surface area contributed by atoms with Gasteiger partial charge in [-0.3, -0.25) is 14.9 Å². The molecule has 2 amide bonds. The number of anilines is 2. The fourth-order valence-corrected chi connectivity index (χ4v) is 2.65. The molecule has 0 radical (unpaired) electrons. The molecule has 138 valence electrons. The van der Waals surface area contributed by atoms with Gasteiger partial charge >= 0.3 is 6.01 Å². The molecule has 0 saturated heterocycles. The number of benzene rings is 2. The molecule has 3 rings (SSSR count). The van der Waals surface area contributed by atoms with E-state index in [2.05, 4.69) is 10.3 Å². The highest BCUT2D eigenvalue weighted by Crippen LogP contribution is 2.24. The van der Waals surface area contributed by atoms with E-state index in [1.165, 1.54) is 0 Å². The van der Waals surface area contributed by atoms with Crippen LogP contribution in [0.15, 0.2) is 59.1 Å². The smallest absolute Gasteiger partial charge is 0.301 e. The molecule has 0 bridgehead atoms. The first kappa shape index (κ1) is 18.4. The largest absolute Gasteiger partial charge is 0.429 e. The molecule has 6 heteroatoms. The Balaban J connectivity index is 1.71. The molecule has 0 atom stereocenters. The lowest BCUT2D eigenvalue weighted by atomic mass is 10.0. The minimum absolute atomic E-state index is 0.0688. The zero-order valence-electron chi connectivity index (χ0n) is 15.5. The quantitative estimate of drug-likeness (QED) is 0.734. The van der Waals surface area contributed by atoms with Crippen molar-refractivity contribution in [3.05, 3.63) is 66.1 Å². The number of carbonyl (C=O) groups excluding carboxylic acids is 2. The van der Waals surface area contributed by atoms with Crippen LogP contribution >= 0.6 is 0 Å². The highest BCUT2D eigenvalue weighted by atomic mass is 16.4. The average Bonchev–Trinajstić information content (AvgIpc) is 3.11. The van der Waals surface area contributed by atoms with Gasteiger partial charge in [0.25, 0.3) is 5.91 Å². The first-order valence-electron chi connectivity index (χ1n) is 8.68. The summed E-state index contributed by atoms with van der Waals surface area (Å²) in [5.74, 6) is 0.424. The predicted molar refractivity (Wildman–Crippen MR) is 105 cm³/mol. The van der Waals surface area contributed by atoms with Gasteiger partial charge in [0.2, 0.25) is 5.91 Å². The zero-order chi connectivity index (χ0) is 19.4. The number of aromatic nitrogens is 1. The second kappa shape index (κ2) is 7.86. The van der Waals surface area contributed by atoms with Crippen LogP contribution in [0.25, 0.3) is 11.1 Å². The monoisotopic (exact) mass is 363 g/mol. The molecule has 0 aliphatic rings. The van der Waals surface area contributed by atoms with E-state index in [-0.39, 0.29) is 17.8 Å². The van der Waals surface area contributed by atoms with E-state index >= 15 is 0 Å². The molecule has 0 fully saturated rings. The Hall–Kier alpha value is -3.41. The molecule has 3 aromatic rings. The maximum atomic E-state index is 12.2. The Morgan fingerprint density at radius 2 is 1.63 bits per heavy atom.